The molecule has 0 spiro atoms. The molecule has 3 nitrogen and oxygen atoms in total. The fraction of sp³-hybridized carbons (Fsp3) is 0.300. The summed E-state index contributed by atoms with van der Waals surface area (Å²) in [7, 11) is 0. The van der Waals surface area contributed by atoms with Gasteiger partial charge in [0.15, 0.2) is 0 Å². The molecule has 1 aliphatic heterocycles. The van der Waals surface area contributed by atoms with Gasteiger partial charge in [0.2, 0.25) is 0 Å². The molecule has 0 radical (unpaired) electrons. The molecule has 0 saturated heterocycles. The standard InChI is InChI=1S/C10H9NO2/c11-2-1-7-3-8-5-13-6-9(8)4-10(7)12/h3-4,12H,1,5-6H2. The fourth-order valence-electron chi connectivity index (χ4n) is 1.49. The number of hydrogen-bond donors (Lipinski definition) is 1. The molecule has 1 N–H and O–H groups in total. The van der Waals surface area contributed by atoms with E-state index < -0.39 is 0 Å². The summed E-state index contributed by atoms with van der Waals surface area (Å²) in [5.41, 5.74) is 2.80. The molecule has 0 saturated carbocycles. The Morgan fingerprint density at radius 1 is 1.38 bits per heavy atom. The maximum atomic E-state index is 9.50. The summed E-state index contributed by atoms with van der Waals surface area (Å²) in [5.74, 6) is 0.200. The zero-order valence-corrected chi connectivity index (χ0v) is 7.08. The van der Waals surface area contributed by atoms with Crippen molar-refractivity contribution in [2.75, 3.05) is 0 Å². The molecular weight excluding hydrogens is 166 g/mol. The molecule has 0 unspecified atom stereocenters. The van der Waals surface area contributed by atoms with Crippen LogP contribution in [0.25, 0.3) is 0 Å². The lowest BCUT2D eigenvalue weighted by molar-refractivity contribution is 0.134. The molecule has 1 aromatic rings. The molecule has 0 aliphatic carbocycles. The second-order valence-corrected chi connectivity index (χ2v) is 3.08. The van der Waals surface area contributed by atoms with Crippen LogP contribution in [0.15, 0.2) is 12.1 Å². The minimum atomic E-state index is 0.200. The number of rotatable bonds is 1. The van der Waals surface area contributed by atoms with E-state index in [1.807, 2.05) is 12.1 Å². The second kappa shape index (κ2) is 3.08. The molecule has 3 heteroatoms. The maximum absolute atomic E-state index is 9.50. The Morgan fingerprint density at radius 2 is 2.08 bits per heavy atom. The van der Waals surface area contributed by atoms with Gasteiger partial charge in [-0.3, -0.25) is 0 Å². The van der Waals surface area contributed by atoms with Gasteiger partial charge in [-0.05, 0) is 23.3 Å². The fourth-order valence-corrected chi connectivity index (χ4v) is 1.49. The van der Waals surface area contributed by atoms with E-state index in [0.717, 1.165) is 11.1 Å². The summed E-state index contributed by atoms with van der Waals surface area (Å²) in [6.07, 6.45) is 0.249. The Kier molecular flexibility index (Phi) is 1.91. The van der Waals surface area contributed by atoms with Crippen LogP contribution in [0, 0.1) is 11.3 Å². The van der Waals surface area contributed by atoms with E-state index >= 15 is 0 Å². The van der Waals surface area contributed by atoms with Gasteiger partial charge in [-0.1, -0.05) is 0 Å². The van der Waals surface area contributed by atoms with Gasteiger partial charge in [-0.2, -0.15) is 5.26 Å². The number of aromatic hydroxyl groups is 1. The third kappa shape index (κ3) is 1.36. The Bertz CT molecular complexity index is 379. The van der Waals surface area contributed by atoms with E-state index in [4.69, 9.17) is 10.00 Å². The van der Waals surface area contributed by atoms with E-state index in [0.29, 0.717) is 18.8 Å². The molecule has 0 bridgehead atoms. The highest BCUT2D eigenvalue weighted by atomic mass is 16.5. The van der Waals surface area contributed by atoms with Crippen LogP contribution in [0.2, 0.25) is 0 Å². The second-order valence-electron chi connectivity index (χ2n) is 3.08. The van der Waals surface area contributed by atoms with Crippen LogP contribution >= 0.6 is 0 Å². The largest absolute Gasteiger partial charge is 0.508 e. The van der Waals surface area contributed by atoms with Crippen molar-refractivity contribution >= 4 is 0 Å². The molecule has 0 amide bonds. The summed E-state index contributed by atoms with van der Waals surface area (Å²) < 4.78 is 5.21. The summed E-state index contributed by atoms with van der Waals surface area (Å²) >= 11 is 0. The van der Waals surface area contributed by atoms with Crippen LogP contribution < -0.4 is 0 Å². The number of nitrogens with zero attached hydrogens (tertiary/aromatic N) is 1. The molecule has 0 atom stereocenters. The van der Waals surface area contributed by atoms with E-state index in [1.54, 1.807) is 6.07 Å². The third-order valence-corrected chi connectivity index (χ3v) is 2.19. The molecule has 1 heterocycles. The molecule has 66 valence electrons. The first kappa shape index (κ1) is 8.09. The normalized spacial score (nSPS) is 13.8. The van der Waals surface area contributed by atoms with Crippen molar-refractivity contribution in [2.24, 2.45) is 0 Å². The first-order chi connectivity index (χ1) is 6.31. The molecule has 1 aromatic carbocycles. The van der Waals surface area contributed by atoms with Crippen LogP contribution in [0.5, 0.6) is 5.75 Å². The number of phenolic OH excluding ortho intramolecular Hbond substituents is 1. The molecule has 1 aliphatic rings. The number of hydrogen-bond acceptors (Lipinski definition) is 3. The van der Waals surface area contributed by atoms with Crippen molar-refractivity contribution in [1.82, 2.24) is 0 Å². The van der Waals surface area contributed by atoms with Gasteiger partial charge < -0.3 is 9.84 Å². The predicted octanol–water partition coefficient (Wildman–Crippen LogP) is 1.49. The summed E-state index contributed by atoms with van der Waals surface area (Å²) in [4.78, 5) is 0. The van der Waals surface area contributed by atoms with E-state index in [2.05, 4.69) is 0 Å². The zero-order chi connectivity index (χ0) is 9.26. The lowest BCUT2D eigenvalue weighted by Crippen LogP contribution is -1.88. The highest BCUT2D eigenvalue weighted by Crippen LogP contribution is 2.27. The van der Waals surface area contributed by atoms with Crippen LogP contribution in [-0.2, 0) is 24.4 Å². The van der Waals surface area contributed by atoms with Crippen molar-refractivity contribution in [3.63, 3.8) is 0 Å². The highest BCUT2D eigenvalue weighted by molar-refractivity contribution is 5.43. The molecule has 0 fully saturated rings. The van der Waals surface area contributed by atoms with E-state index in [1.165, 1.54) is 0 Å². The van der Waals surface area contributed by atoms with Crippen molar-refractivity contribution in [3.05, 3.63) is 28.8 Å². The van der Waals surface area contributed by atoms with Crippen molar-refractivity contribution in [3.8, 4) is 11.8 Å². The van der Waals surface area contributed by atoms with Crippen molar-refractivity contribution in [1.29, 1.82) is 5.26 Å². The van der Waals surface area contributed by atoms with E-state index in [-0.39, 0.29) is 12.2 Å². The highest BCUT2D eigenvalue weighted by Gasteiger charge is 2.14. The summed E-state index contributed by atoms with van der Waals surface area (Å²) in [6.45, 7) is 1.16. The number of phenols is 1. The van der Waals surface area contributed by atoms with Gasteiger partial charge in [0.05, 0.1) is 25.7 Å². The lowest BCUT2D eigenvalue weighted by Gasteiger charge is -2.03. The Hall–Kier alpha value is -1.53. The van der Waals surface area contributed by atoms with Gasteiger partial charge in [0.25, 0.3) is 0 Å². The van der Waals surface area contributed by atoms with Crippen LogP contribution in [0.4, 0.5) is 0 Å². The van der Waals surface area contributed by atoms with Crippen LogP contribution in [-0.4, -0.2) is 5.11 Å². The van der Waals surface area contributed by atoms with Crippen LogP contribution in [0.3, 0.4) is 0 Å². The van der Waals surface area contributed by atoms with Gasteiger partial charge >= 0.3 is 0 Å². The minimum Gasteiger partial charge on any atom is -0.508 e. The van der Waals surface area contributed by atoms with Crippen molar-refractivity contribution in [2.45, 2.75) is 19.6 Å². The molecule has 2 rings (SSSR count). The van der Waals surface area contributed by atoms with Gasteiger partial charge in [0.1, 0.15) is 5.75 Å². The quantitative estimate of drug-likeness (QED) is 0.703. The van der Waals surface area contributed by atoms with Crippen molar-refractivity contribution < 1.29 is 9.84 Å². The minimum absolute atomic E-state index is 0.200. The van der Waals surface area contributed by atoms with Crippen LogP contribution in [0.1, 0.15) is 16.7 Å². The smallest absolute Gasteiger partial charge is 0.120 e. The first-order valence-corrected chi connectivity index (χ1v) is 4.09. The number of nitriles is 1. The van der Waals surface area contributed by atoms with E-state index in [9.17, 15) is 5.11 Å². The third-order valence-electron chi connectivity index (χ3n) is 2.19. The zero-order valence-electron chi connectivity index (χ0n) is 7.08. The Morgan fingerprint density at radius 3 is 2.77 bits per heavy atom. The molecular formula is C10H9NO2. The number of benzene rings is 1. The summed E-state index contributed by atoms with van der Waals surface area (Å²) in [6, 6.07) is 5.55. The lowest BCUT2D eigenvalue weighted by atomic mass is 10.0. The topological polar surface area (TPSA) is 53.2 Å². The predicted molar refractivity (Wildman–Crippen MR) is 45.9 cm³/mol. The number of fused-ring (bicyclic) bond motifs is 1. The van der Waals surface area contributed by atoms with Gasteiger partial charge in [0, 0.05) is 5.56 Å². The summed E-state index contributed by atoms with van der Waals surface area (Å²) in [5, 5.41) is 18.0. The average Bonchev–Trinajstić information content (AvgIpc) is 2.52. The monoisotopic (exact) mass is 175 g/mol. The average molecular weight is 175 g/mol. The molecule has 13 heavy (non-hydrogen) atoms. The SMILES string of the molecule is N#CCc1cc2c(cc1O)COC2. The Labute approximate surface area is 76.2 Å². The Balaban J connectivity index is 2.44. The maximum Gasteiger partial charge on any atom is 0.120 e. The first-order valence-electron chi connectivity index (χ1n) is 4.09. The van der Waals surface area contributed by atoms with Gasteiger partial charge in [-0.15, -0.1) is 0 Å². The van der Waals surface area contributed by atoms with Gasteiger partial charge in [-0.25, -0.2) is 0 Å². The molecule has 0 aromatic heterocycles. The number of ether oxygens (including phenoxy) is 1.